The number of halogens is 1. The molecule has 0 saturated heterocycles. The van der Waals surface area contributed by atoms with E-state index in [0.29, 0.717) is 0 Å². The highest BCUT2D eigenvalue weighted by molar-refractivity contribution is 6.06. The topological polar surface area (TPSA) is 56.5 Å². The van der Waals surface area contributed by atoms with Gasteiger partial charge in [-0.15, -0.1) is 0 Å². The molecule has 0 aliphatic rings. The van der Waals surface area contributed by atoms with Gasteiger partial charge in [0, 0.05) is 41.3 Å². The van der Waals surface area contributed by atoms with Crippen molar-refractivity contribution < 1.29 is 4.39 Å². The summed E-state index contributed by atoms with van der Waals surface area (Å²) in [6.45, 7) is 0. The molecule has 5 nitrogen and oxygen atoms in total. The molecule has 0 aliphatic carbocycles. The number of fused-ring (bicyclic) bond motifs is 4. The van der Waals surface area contributed by atoms with Gasteiger partial charge in [-0.25, -0.2) is 14.4 Å². The number of nitrogens with zero attached hydrogens (tertiary/aromatic N) is 5. The first kappa shape index (κ1) is 24.1. The fourth-order valence-electron chi connectivity index (χ4n) is 5.61. The average Bonchev–Trinajstić information content (AvgIpc) is 3.38. The highest BCUT2D eigenvalue weighted by atomic mass is 19.1. The fourth-order valence-corrected chi connectivity index (χ4v) is 5.61. The lowest BCUT2D eigenvalue weighted by Crippen LogP contribution is -1.98. The van der Waals surface area contributed by atoms with Gasteiger partial charge in [0.1, 0.15) is 11.6 Å². The van der Waals surface area contributed by atoms with Crippen LogP contribution < -0.4 is 0 Å². The minimum absolute atomic E-state index is 0.294. The molecule has 8 aromatic rings. The van der Waals surface area contributed by atoms with Crippen LogP contribution in [0.3, 0.4) is 0 Å². The molecule has 5 aromatic heterocycles. The van der Waals surface area contributed by atoms with Gasteiger partial charge in [0.2, 0.25) is 0 Å². The Balaban J connectivity index is 1.27. The van der Waals surface area contributed by atoms with Gasteiger partial charge in [-0.3, -0.25) is 14.5 Å². The van der Waals surface area contributed by atoms with Gasteiger partial charge < -0.3 is 0 Å². The highest BCUT2D eigenvalue weighted by Crippen LogP contribution is 2.33. The van der Waals surface area contributed by atoms with E-state index in [1.54, 1.807) is 24.7 Å². The Morgan fingerprint density at radius 3 is 2.19 bits per heavy atom. The Morgan fingerprint density at radius 1 is 0.548 bits per heavy atom. The molecule has 0 unspecified atom stereocenters. The molecule has 8 rings (SSSR count). The number of aromatic nitrogens is 5. The van der Waals surface area contributed by atoms with Crippen molar-refractivity contribution in [3.63, 3.8) is 0 Å². The van der Waals surface area contributed by atoms with Crippen molar-refractivity contribution in [1.29, 1.82) is 0 Å². The SMILES string of the molecule is Fc1ccc2c(c1)c1ncccc1n2-c1ccc(-c2cc(-c3ccc4ccccc4c3)cc(-c3ccncc3)n2)cn1. The van der Waals surface area contributed by atoms with Gasteiger partial charge in [-0.1, -0.05) is 36.4 Å². The van der Waals surface area contributed by atoms with Crippen molar-refractivity contribution in [2.75, 3.05) is 0 Å². The molecule has 0 bridgehead atoms. The smallest absolute Gasteiger partial charge is 0.137 e. The predicted molar refractivity (Wildman–Crippen MR) is 166 cm³/mol. The van der Waals surface area contributed by atoms with Gasteiger partial charge in [-0.05, 0) is 94.7 Å². The normalized spacial score (nSPS) is 11.5. The van der Waals surface area contributed by atoms with Crippen LogP contribution >= 0.6 is 0 Å². The molecule has 42 heavy (non-hydrogen) atoms. The Bertz CT molecular complexity index is 2260. The van der Waals surface area contributed by atoms with Crippen LogP contribution in [0, 0.1) is 5.82 Å². The zero-order chi connectivity index (χ0) is 28.0. The van der Waals surface area contributed by atoms with E-state index < -0.39 is 0 Å². The maximum absolute atomic E-state index is 14.1. The van der Waals surface area contributed by atoms with Crippen LogP contribution in [0.2, 0.25) is 0 Å². The van der Waals surface area contributed by atoms with Crippen LogP contribution in [-0.2, 0) is 0 Å². The third kappa shape index (κ3) is 4.09. The third-order valence-corrected chi connectivity index (χ3v) is 7.64. The number of rotatable bonds is 4. The summed E-state index contributed by atoms with van der Waals surface area (Å²) in [4.78, 5) is 18.6. The van der Waals surface area contributed by atoms with Gasteiger partial charge >= 0.3 is 0 Å². The largest absolute Gasteiger partial charge is 0.292 e. The van der Waals surface area contributed by atoms with Crippen molar-refractivity contribution in [3.8, 4) is 39.5 Å². The summed E-state index contributed by atoms with van der Waals surface area (Å²) in [5.74, 6) is 0.427. The summed E-state index contributed by atoms with van der Waals surface area (Å²) in [5, 5.41) is 3.14. The number of hydrogen-bond donors (Lipinski definition) is 0. The Hall–Kier alpha value is -5.75. The van der Waals surface area contributed by atoms with Crippen molar-refractivity contribution in [1.82, 2.24) is 24.5 Å². The fraction of sp³-hybridized carbons (Fsp3) is 0. The van der Waals surface area contributed by atoms with Crippen LogP contribution in [-0.4, -0.2) is 24.5 Å². The molecule has 0 radical (unpaired) electrons. The summed E-state index contributed by atoms with van der Waals surface area (Å²) < 4.78 is 16.2. The summed E-state index contributed by atoms with van der Waals surface area (Å²) >= 11 is 0. The average molecular weight is 544 g/mol. The molecule has 0 atom stereocenters. The number of benzene rings is 3. The van der Waals surface area contributed by atoms with Crippen LogP contribution in [0.4, 0.5) is 4.39 Å². The van der Waals surface area contributed by atoms with Crippen LogP contribution in [0.1, 0.15) is 0 Å². The second-order valence-corrected chi connectivity index (χ2v) is 10.2. The molecule has 0 aliphatic heterocycles. The van der Waals surface area contributed by atoms with E-state index in [9.17, 15) is 4.39 Å². The lowest BCUT2D eigenvalue weighted by Gasteiger charge is -2.12. The molecule has 6 heteroatoms. The van der Waals surface area contributed by atoms with Crippen molar-refractivity contribution in [2.24, 2.45) is 0 Å². The molecular weight excluding hydrogens is 521 g/mol. The predicted octanol–water partition coefficient (Wildman–Crippen LogP) is 8.66. The van der Waals surface area contributed by atoms with E-state index in [2.05, 4.69) is 64.6 Å². The second-order valence-electron chi connectivity index (χ2n) is 10.2. The lowest BCUT2D eigenvalue weighted by atomic mass is 9.98. The standard InChI is InChI=1S/C36H22FN5/c37-29-10-11-33-30(21-29)36-34(6-3-15-39-36)42(33)35-12-9-27(22-40-35)32-20-28(19-31(41-32)24-13-16-38-17-14-24)26-8-7-23-4-1-2-5-25(23)18-26/h1-22H. The van der Waals surface area contributed by atoms with E-state index in [4.69, 9.17) is 9.97 Å². The Morgan fingerprint density at radius 2 is 1.36 bits per heavy atom. The van der Waals surface area contributed by atoms with E-state index >= 15 is 0 Å². The monoisotopic (exact) mass is 543 g/mol. The Labute approximate surface area is 240 Å². The van der Waals surface area contributed by atoms with Crippen LogP contribution in [0.15, 0.2) is 134 Å². The van der Waals surface area contributed by atoms with E-state index in [-0.39, 0.29) is 5.82 Å². The van der Waals surface area contributed by atoms with Crippen molar-refractivity contribution >= 4 is 32.7 Å². The van der Waals surface area contributed by atoms with Gasteiger partial charge in [-0.2, -0.15) is 0 Å². The maximum atomic E-state index is 14.1. The molecule has 0 fully saturated rings. The molecular formula is C36H22FN5. The summed E-state index contributed by atoms with van der Waals surface area (Å²) in [6, 6.07) is 35.7. The first-order valence-electron chi connectivity index (χ1n) is 13.6. The summed E-state index contributed by atoms with van der Waals surface area (Å²) in [7, 11) is 0. The maximum Gasteiger partial charge on any atom is 0.137 e. The van der Waals surface area contributed by atoms with Crippen LogP contribution in [0.5, 0.6) is 0 Å². The summed E-state index contributed by atoms with van der Waals surface area (Å²) in [6.07, 6.45) is 7.13. The van der Waals surface area contributed by atoms with E-state index in [1.165, 1.54) is 22.9 Å². The molecule has 0 amide bonds. The van der Waals surface area contributed by atoms with E-state index in [0.717, 1.165) is 61.4 Å². The minimum Gasteiger partial charge on any atom is -0.292 e. The minimum atomic E-state index is -0.294. The molecule has 0 saturated carbocycles. The molecule has 198 valence electrons. The van der Waals surface area contributed by atoms with Gasteiger partial charge in [0.15, 0.2) is 0 Å². The van der Waals surface area contributed by atoms with Crippen molar-refractivity contribution in [3.05, 3.63) is 140 Å². The van der Waals surface area contributed by atoms with E-state index in [1.807, 2.05) is 47.2 Å². The number of hydrogen-bond acceptors (Lipinski definition) is 4. The first-order valence-corrected chi connectivity index (χ1v) is 13.6. The molecule has 0 spiro atoms. The molecule has 5 heterocycles. The van der Waals surface area contributed by atoms with Gasteiger partial charge in [0.05, 0.1) is 27.9 Å². The first-order chi connectivity index (χ1) is 20.7. The highest BCUT2D eigenvalue weighted by Gasteiger charge is 2.15. The molecule has 3 aromatic carbocycles. The van der Waals surface area contributed by atoms with Crippen molar-refractivity contribution in [2.45, 2.75) is 0 Å². The third-order valence-electron chi connectivity index (χ3n) is 7.64. The zero-order valence-corrected chi connectivity index (χ0v) is 22.3. The number of pyridine rings is 4. The second kappa shape index (κ2) is 9.71. The van der Waals surface area contributed by atoms with Gasteiger partial charge in [0.25, 0.3) is 0 Å². The summed E-state index contributed by atoms with van der Waals surface area (Å²) in [5.41, 5.74) is 8.20. The zero-order valence-electron chi connectivity index (χ0n) is 22.3. The van der Waals surface area contributed by atoms with Crippen LogP contribution in [0.25, 0.3) is 72.2 Å². The quantitative estimate of drug-likeness (QED) is 0.223. The Kier molecular flexibility index (Phi) is 5.57. The lowest BCUT2D eigenvalue weighted by molar-refractivity contribution is 0.629. The molecule has 0 N–H and O–H groups in total.